The number of carbonyl (C=O) groups is 2. The Kier molecular flexibility index (Phi) is 5.95. The highest BCUT2D eigenvalue weighted by molar-refractivity contribution is 5.98. The number of piperidine rings is 1. The first-order chi connectivity index (χ1) is 17.1. The molecule has 0 spiro atoms. The molecule has 36 heavy (non-hydrogen) atoms. The van der Waals surface area contributed by atoms with Crippen molar-refractivity contribution in [3.63, 3.8) is 0 Å². The molecule has 188 valence electrons. The lowest BCUT2D eigenvalue weighted by molar-refractivity contribution is -0.140. The lowest BCUT2D eigenvalue weighted by Crippen LogP contribution is -2.46. The zero-order valence-electron chi connectivity index (χ0n) is 18.9. The fourth-order valence-electron chi connectivity index (χ4n) is 4.62. The summed E-state index contributed by atoms with van der Waals surface area (Å²) in [5.41, 5.74) is -1.29. The molecule has 0 saturated carbocycles. The van der Waals surface area contributed by atoms with E-state index in [0.29, 0.717) is 37.0 Å². The Balaban J connectivity index is 1.42. The third-order valence-electron chi connectivity index (χ3n) is 6.53. The highest BCUT2D eigenvalue weighted by Crippen LogP contribution is 2.37. The number of halogens is 3. The number of aromatic amines is 1. The van der Waals surface area contributed by atoms with Crippen molar-refractivity contribution < 1.29 is 32.6 Å². The van der Waals surface area contributed by atoms with Gasteiger partial charge in [0.2, 0.25) is 0 Å². The number of aliphatic hydroxyl groups excluding tert-OH is 1. The molecule has 0 bridgehead atoms. The summed E-state index contributed by atoms with van der Waals surface area (Å²) in [6, 6.07) is 10.9. The highest BCUT2D eigenvalue weighted by atomic mass is 19.4. The van der Waals surface area contributed by atoms with Crippen LogP contribution in [-0.2, 0) is 15.7 Å². The monoisotopic (exact) mass is 501 g/mol. The number of alkyl halides is 3. The maximum atomic E-state index is 13.5. The van der Waals surface area contributed by atoms with Crippen molar-refractivity contribution >= 4 is 28.5 Å². The molecule has 0 aliphatic carbocycles. The van der Waals surface area contributed by atoms with E-state index in [0.717, 1.165) is 6.07 Å². The molecular weight excluding hydrogens is 479 g/mol. The topological polar surface area (TPSA) is 103 Å². The molecule has 1 aromatic heterocycles. The number of fused-ring (bicyclic) bond motifs is 1. The molecule has 1 atom stereocenters. The second kappa shape index (κ2) is 8.98. The van der Waals surface area contributed by atoms with Crippen molar-refractivity contribution in [3.05, 3.63) is 64.4 Å². The van der Waals surface area contributed by atoms with Gasteiger partial charge in [0.15, 0.2) is 6.10 Å². The third kappa shape index (κ3) is 4.41. The first-order valence-corrected chi connectivity index (χ1v) is 11.4. The Bertz CT molecular complexity index is 1400. The second-order valence-electron chi connectivity index (χ2n) is 8.87. The molecule has 2 aliphatic heterocycles. The maximum Gasteiger partial charge on any atom is 0.417 e. The molecule has 8 nitrogen and oxygen atoms in total. The molecule has 3 heterocycles. The predicted molar refractivity (Wildman–Crippen MR) is 124 cm³/mol. The van der Waals surface area contributed by atoms with Crippen LogP contribution in [0.1, 0.15) is 18.4 Å². The fraction of sp³-hybridized carbons (Fsp3) is 0.320. The Labute approximate surface area is 202 Å². The summed E-state index contributed by atoms with van der Waals surface area (Å²) >= 11 is 0. The average Bonchev–Trinajstić information content (AvgIpc) is 3.25. The van der Waals surface area contributed by atoms with Gasteiger partial charge in [-0.3, -0.25) is 14.5 Å². The standard InChI is InChI=1S/C25H22F3N3O5/c26-25(27,28)19-4-2-1-3-17(19)20-11-14-5-6-15(12-18(14)22(33)29-20)31-13-21(36-24(31)35)23(34)30-9-7-16(32)8-10-30/h1-6,11-12,16,21,32H,7-10,13H2,(H,29,33)/t21-/m1/s1. The number of nitrogens with one attached hydrogen (secondary N) is 1. The molecule has 2 aromatic carbocycles. The van der Waals surface area contributed by atoms with Gasteiger partial charge in [0.05, 0.1) is 18.2 Å². The van der Waals surface area contributed by atoms with E-state index >= 15 is 0 Å². The molecule has 2 N–H and O–H groups in total. The van der Waals surface area contributed by atoms with Crippen LogP contribution in [0.5, 0.6) is 0 Å². The molecule has 2 amide bonds. The van der Waals surface area contributed by atoms with Gasteiger partial charge in [0.25, 0.3) is 11.5 Å². The predicted octanol–water partition coefficient (Wildman–Crippen LogP) is 3.52. The number of benzene rings is 2. The molecule has 0 radical (unpaired) electrons. The van der Waals surface area contributed by atoms with Crippen LogP contribution in [0.15, 0.2) is 53.3 Å². The van der Waals surface area contributed by atoms with Gasteiger partial charge < -0.3 is 19.7 Å². The van der Waals surface area contributed by atoms with E-state index in [9.17, 15) is 32.7 Å². The Hall–Kier alpha value is -3.86. The van der Waals surface area contributed by atoms with Crippen molar-refractivity contribution in [2.45, 2.75) is 31.2 Å². The van der Waals surface area contributed by atoms with E-state index in [4.69, 9.17) is 4.74 Å². The number of hydrogen-bond donors (Lipinski definition) is 2. The van der Waals surface area contributed by atoms with Crippen molar-refractivity contribution in [1.82, 2.24) is 9.88 Å². The minimum atomic E-state index is -4.59. The highest BCUT2D eigenvalue weighted by Gasteiger charge is 2.40. The lowest BCUT2D eigenvalue weighted by Gasteiger charge is -2.30. The van der Waals surface area contributed by atoms with E-state index in [1.165, 1.54) is 41.3 Å². The van der Waals surface area contributed by atoms with Crippen LogP contribution in [0.2, 0.25) is 0 Å². The number of likely N-dealkylation sites (tertiary alicyclic amines) is 1. The first kappa shape index (κ1) is 23.9. The number of amides is 2. The summed E-state index contributed by atoms with van der Waals surface area (Å²) in [6.45, 7) is 0.704. The maximum absolute atomic E-state index is 13.5. The summed E-state index contributed by atoms with van der Waals surface area (Å²) in [6.07, 6.45) is -5.88. The molecule has 3 aromatic rings. The van der Waals surface area contributed by atoms with Crippen molar-refractivity contribution in [3.8, 4) is 11.3 Å². The minimum absolute atomic E-state index is 0.0195. The van der Waals surface area contributed by atoms with Crippen molar-refractivity contribution in [1.29, 1.82) is 0 Å². The summed E-state index contributed by atoms with van der Waals surface area (Å²) in [5.74, 6) is -0.343. The van der Waals surface area contributed by atoms with Gasteiger partial charge in [-0.2, -0.15) is 13.2 Å². The Morgan fingerprint density at radius 2 is 1.78 bits per heavy atom. The third-order valence-corrected chi connectivity index (χ3v) is 6.53. The van der Waals surface area contributed by atoms with Gasteiger partial charge in [0, 0.05) is 35.4 Å². The molecular formula is C25H22F3N3O5. The van der Waals surface area contributed by atoms with Gasteiger partial charge in [-0.1, -0.05) is 24.3 Å². The van der Waals surface area contributed by atoms with Gasteiger partial charge in [-0.05, 0) is 42.5 Å². The lowest BCUT2D eigenvalue weighted by atomic mass is 10.0. The number of ether oxygens (including phenoxy) is 1. The number of hydrogen-bond acceptors (Lipinski definition) is 5. The van der Waals surface area contributed by atoms with Gasteiger partial charge in [0.1, 0.15) is 0 Å². The first-order valence-electron chi connectivity index (χ1n) is 11.4. The second-order valence-corrected chi connectivity index (χ2v) is 8.87. The number of carbonyl (C=O) groups excluding carboxylic acids is 2. The van der Waals surface area contributed by atoms with Crippen LogP contribution in [0.25, 0.3) is 22.0 Å². The zero-order chi connectivity index (χ0) is 25.6. The number of H-pyrrole nitrogens is 1. The van der Waals surface area contributed by atoms with Gasteiger partial charge in [-0.25, -0.2) is 4.79 Å². The summed E-state index contributed by atoms with van der Waals surface area (Å²) in [7, 11) is 0. The number of aromatic nitrogens is 1. The SMILES string of the molecule is O=C([C@H]1CN(c2ccc3cc(-c4ccccc4C(F)(F)F)[nH]c(=O)c3c2)C(=O)O1)N1CCC(O)CC1. The normalized spacial score (nSPS) is 19.1. The number of aliphatic hydroxyl groups is 1. The largest absolute Gasteiger partial charge is 0.434 e. The minimum Gasteiger partial charge on any atom is -0.434 e. The quantitative estimate of drug-likeness (QED) is 0.572. The summed E-state index contributed by atoms with van der Waals surface area (Å²) in [5, 5.41) is 10.2. The molecule has 5 rings (SSSR count). The zero-order valence-corrected chi connectivity index (χ0v) is 18.9. The van der Waals surface area contributed by atoms with Crippen LogP contribution < -0.4 is 10.5 Å². The molecule has 2 aliphatic rings. The number of anilines is 1. The smallest absolute Gasteiger partial charge is 0.417 e. The van der Waals surface area contributed by atoms with Crippen molar-refractivity contribution in [2.75, 3.05) is 24.5 Å². The molecule has 0 unspecified atom stereocenters. The number of rotatable bonds is 3. The van der Waals surface area contributed by atoms with Crippen LogP contribution >= 0.6 is 0 Å². The van der Waals surface area contributed by atoms with Crippen LogP contribution in [0, 0.1) is 0 Å². The molecule has 2 fully saturated rings. The average molecular weight is 501 g/mol. The number of nitrogens with zero attached hydrogens (tertiary/aromatic N) is 2. The van der Waals surface area contributed by atoms with E-state index in [1.807, 2.05) is 0 Å². The summed E-state index contributed by atoms with van der Waals surface area (Å²) in [4.78, 5) is 43.4. The summed E-state index contributed by atoms with van der Waals surface area (Å²) < 4.78 is 45.6. The fourth-order valence-corrected chi connectivity index (χ4v) is 4.62. The van der Waals surface area contributed by atoms with Crippen LogP contribution in [0.3, 0.4) is 0 Å². The molecule has 11 heteroatoms. The molecule has 2 saturated heterocycles. The van der Waals surface area contributed by atoms with Crippen LogP contribution in [0.4, 0.5) is 23.7 Å². The Morgan fingerprint density at radius 3 is 2.50 bits per heavy atom. The van der Waals surface area contributed by atoms with E-state index in [2.05, 4.69) is 4.98 Å². The van der Waals surface area contributed by atoms with E-state index in [-0.39, 0.29) is 29.1 Å². The van der Waals surface area contributed by atoms with E-state index in [1.54, 1.807) is 11.0 Å². The van der Waals surface area contributed by atoms with Crippen LogP contribution in [-0.4, -0.2) is 58.8 Å². The van der Waals surface area contributed by atoms with E-state index < -0.39 is 35.6 Å². The van der Waals surface area contributed by atoms with Gasteiger partial charge >= 0.3 is 12.3 Å². The number of pyridine rings is 1. The van der Waals surface area contributed by atoms with Crippen molar-refractivity contribution in [2.24, 2.45) is 0 Å². The Morgan fingerprint density at radius 1 is 1.06 bits per heavy atom. The van der Waals surface area contributed by atoms with Gasteiger partial charge in [-0.15, -0.1) is 0 Å². The number of cyclic esters (lactones) is 1.